The summed E-state index contributed by atoms with van der Waals surface area (Å²) in [4.78, 5) is 22.5. The summed E-state index contributed by atoms with van der Waals surface area (Å²) in [6, 6.07) is 0.0573. The average Bonchev–Trinajstić information content (AvgIpc) is 2.74. The van der Waals surface area contributed by atoms with Gasteiger partial charge in [0.1, 0.15) is 0 Å². The smallest absolute Gasteiger partial charge is 0.315 e. The van der Waals surface area contributed by atoms with Crippen LogP contribution in [0.2, 0.25) is 0 Å². The Morgan fingerprint density at radius 2 is 2.05 bits per heavy atom. The summed E-state index contributed by atoms with van der Waals surface area (Å²) in [5.74, 6) is 0.279. The Kier molecular flexibility index (Phi) is 6.65. The molecule has 0 aromatic heterocycles. The van der Waals surface area contributed by atoms with Gasteiger partial charge in [0, 0.05) is 23.3 Å². The summed E-state index contributed by atoms with van der Waals surface area (Å²) in [6.45, 7) is 5.85. The minimum atomic E-state index is -0.837. The summed E-state index contributed by atoms with van der Waals surface area (Å²) in [5.41, 5.74) is -0.501. The summed E-state index contributed by atoms with van der Waals surface area (Å²) in [7, 11) is 0. The lowest BCUT2D eigenvalue weighted by atomic mass is 9.99. The van der Waals surface area contributed by atoms with Crippen molar-refractivity contribution in [3.05, 3.63) is 0 Å². The molecule has 0 aromatic rings. The van der Waals surface area contributed by atoms with Crippen LogP contribution in [0.1, 0.15) is 52.9 Å². The lowest BCUT2D eigenvalue weighted by Gasteiger charge is -2.27. The molecule has 0 bridgehead atoms. The van der Waals surface area contributed by atoms with Crippen molar-refractivity contribution >= 4 is 23.8 Å². The first-order valence-corrected chi connectivity index (χ1v) is 8.29. The summed E-state index contributed by atoms with van der Waals surface area (Å²) < 4.78 is 0. The van der Waals surface area contributed by atoms with E-state index in [1.54, 1.807) is 0 Å². The van der Waals surface area contributed by atoms with Crippen LogP contribution in [0.25, 0.3) is 0 Å². The van der Waals surface area contributed by atoms with Crippen LogP contribution in [-0.4, -0.2) is 39.7 Å². The third kappa shape index (κ3) is 6.50. The number of carbonyl (C=O) groups excluding carboxylic acids is 1. The number of aliphatic carboxylic acids is 1. The number of carboxylic acids is 1. The van der Waals surface area contributed by atoms with Crippen molar-refractivity contribution < 1.29 is 14.7 Å². The number of carboxylic acid groups (broad SMARTS) is 1. The van der Waals surface area contributed by atoms with Crippen LogP contribution in [-0.2, 0) is 4.79 Å². The SMILES string of the molecule is CCSC1CCC(NC(=O)NC(C)(C)CCC(=O)O)C1. The second kappa shape index (κ2) is 7.76. The number of hydrogen-bond acceptors (Lipinski definition) is 3. The predicted octanol–water partition coefficient (Wildman–Crippen LogP) is 2.60. The molecule has 5 nitrogen and oxygen atoms in total. The summed E-state index contributed by atoms with van der Waals surface area (Å²) in [6.07, 6.45) is 3.70. The zero-order valence-corrected chi connectivity index (χ0v) is 13.4. The summed E-state index contributed by atoms with van der Waals surface area (Å²) >= 11 is 1.96. The van der Waals surface area contributed by atoms with E-state index in [4.69, 9.17) is 5.11 Å². The number of urea groups is 1. The molecular weight excluding hydrogens is 276 g/mol. The van der Waals surface area contributed by atoms with Gasteiger partial charge in [-0.25, -0.2) is 4.79 Å². The van der Waals surface area contributed by atoms with Crippen molar-refractivity contribution in [2.75, 3.05) is 5.75 Å². The minimum Gasteiger partial charge on any atom is -0.481 e. The average molecular weight is 302 g/mol. The van der Waals surface area contributed by atoms with E-state index >= 15 is 0 Å². The number of rotatable bonds is 7. The van der Waals surface area contributed by atoms with Crippen molar-refractivity contribution in [3.63, 3.8) is 0 Å². The van der Waals surface area contributed by atoms with Gasteiger partial charge in [-0.15, -0.1) is 0 Å². The zero-order chi connectivity index (χ0) is 15.2. The van der Waals surface area contributed by atoms with Crippen LogP contribution in [0.5, 0.6) is 0 Å². The molecule has 3 N–H and O–H groups in total. The van der Waals surface area contributed by atoms with Crippen LogP contribution in [0.4, 0.5) is 4.79 Å². The van der Waals surface area contributed by atoms with Crippen molar-refractivity contribution in [1.82, 2.24) is 10.6 Å². The summed E-state index contributed by atoms with van der Waals surface area (Å²) in [5, 5.41) is 15.2. The van der Waals surface area contributed by atoms with E-state index in [2.05, 4.69) is 17.6 Å². The minimum absolute atomic E-state index is 0.0614. The molecule has 0 saturated heterocycles. The van der Waals surface area contributed by atoms with Crippen molar-refractivity contribution in [3.8, 4) is 0 Å². The number of hydrogen-bond donors (Lipinski definition) is 3. The molecule has 1 aliphatic rings. The quantitative estimate of drug-likeness (QED) is 0.675. The van der Waals surface area contributed by atoms with Gasteiger partial charge in [-0.05, 0) is 45.3 Å². The maximum atomic E-state index is 11.9. The van der Waals surface area contributed by atoms with E-state index in [0.717, 1.165) is 25.0 Å². The predicted molar refractivity (Wildman–Crippen MR) is 82.2 cm³/mol. The molecule has 20 heavy (non-hydrogen) atoms. The van der Waals surface area contributed by atoms with Gasteiger partial charge in [-0.1, -0.05) is 6.92 Å². The van der Waals surface area contributed by atoms with Crippen molar-refractivity contribution in [1.29, 1.82) is 0 Å². The Hall–Kier alpha value is -0.910. The molecule has 6 heteroatoms. The molecule has 0 aliphatic heterocycles. The normalized spacial score (nSPS) is 22.6. The van der Waals surface area contributed by atoms with Gasteiger partial charge in [0.25, 0.3) is 0 Å². The second-order valence-electron chi connectivity index (χ2n) is 5.96. The third-order valence-corrected chi connectivity index (χ3v) is 4.77. The van der Waals surface area contributed by atoms with Crippen LogP contribution in [0.15, 0.2) is 0 Å². The molecule has 1 fully saturated rings. The Labute approximate surface area is 125 Å². The Bertz CT molecular complexity index is 347. The standard InChI is InChI=1S/C14H26N2O3S/c1-4-20-11-6-5-10(9-11)15-13(19)16-14(2,3)8-7-12(17)18/h10-11H,4-9H2,1-3H3,(H,17,18)(H2,15,16,19). The van der Waals surface area contributed by atoms with Gasteiger partial charge < -0.3 is 15.7 Å². The van der Waals surface area contributed by atoms with Crippen LogP contribution < -0.4 is 10.6 Å². The van der Waals surface area contributed by atoms with E-state index < -0.39 is 11.5 Å². The first-order chi connectivity index (χ1) is 9.32. The number of nitrogens with one attached hydrogen (secondary N) is 2. The van der Waals surface area contributed by atoms with Gasteiger partial charge in [0.2, 0.25) is 0 Å². The highest BCUT2D eigenvalue weighted by Gasteiger charge is 2.27. The molecule has 1 aliphatic carbocycles. The van der Waals surface area contributed by atoms with Gasteiger partial charge in [-0.2, -0.15) is 11.8 Å². The maximum absolute atomic E-state index is 11.9. The fourth-order valence-corrected chi connectivity index (χ4v) is 3.61. The lowest BCUT2D eigenvalue weighted by molar-refractivity contribution is -0.137. The molecule has 2 amide bonds. The molecule has 0 aromatic carbocycles. The Morgan fingerprint density at radius 1 is 1.35 bits per heavy atom. The van der Waals surface area contributed by atoms with Crippen LogP contribution >= 0.6 is 11.8 Å². The molecule has 1 saturated carbocycles. The molecule has 116 valence electrons. The molecular formula is C14H26N2O3S. The first kappa shape index (κ1) is 17.1. The van der Waals surface area contributed by atoms with Gasteiger partial charge in [0.15, 0.2) is 0 Å². The van der Waals surface area contributed by atoms with Crippen molar-refractivity contribution in [2.24, 2.45) is 0 Å². The topological polar surface area (TPSA) is 78.4 Å². The molecule has 2 atom stereocenters. The fraction of sp³-hybridized carbons (Fsp3) is 0.857. The molecule has 1 rings (SSSR count). The number of carbonyl (C=O) groups is 2. The van der Waals surface area contributed by atoms with E-state index in [1.165, 1.54) is 0 Å². The van der Waals surface area contributed by atoms with Gasteiger partial charge >= 0.3 is 12.0 Å². The van der Waals surface area contributed by atoms with Crippen LogP contribution in [0, 0.1) is 0 Å². The lowest BCUT2D eigenvalue weighted by Crippen LogP contribution is -2.50. The van der Waals surface area contributed by atoms with Gasteiger partial charge in [-0.3, -0.25) is 4.79 Å². The van der Waals surface area contributed by atoms with Crippen molar-refractivity contribution in [2.45, 2.75) is 69.7 Å². The van der Waals surface area contributed by atoms with E-state index in [0.29, 0.717) is 11.7 Å². The Balaban J connectivity index is 2.31. The highest BCUT2D eigenvalue weighted by Crippen LogP contribution is 2.29. The molecule has 0 spiro atoms. The first-order valence-electron chi connectivity index (χ1n) is 7.24. The fourth-order valence-electron chi connectivity index (χ4n) is 2.47. The van der Waals surface area contributed by atoms with E-state index in [9.17, 15) is 9.59 Å². The zero-order valence-electron chi connectivity index (χ0n) is 12.6. The van der Waals surface area contributed by atoms with Gasteiger partial charge in [0.05, 0.1) is 0 Å². The molecule has 2 unspecified atom stereocenters. The number of thioether (sulfide) groups is 1. The maximum Gasteiger partial charge on any atom is 0.315 e. The Morgan fingerprint density at radius 3 is 2.65 bits per heavy atom. The third-order valence-electron chi connectivity index (χ3n) is 3.54. The molecule has 0 heterocycles. The van der Waals surface area contributed by atoms with E-state index in [1.807, 2.05) is 25.6 Å². The highest BCUT2D eigenvalue weighted by atomic mass is 32.2. The monoisotopic (exact) mass is 302 g/mol. The largest absolute Gasteiger partial charge is 0.481 e. The molecule has 0 radical (unpaired) electrons. The second-order valence-corrected chi connectivity index (χ2v) is 7.54. The number of amides is 2. The van der Waals surface area contributed by atoms with E-state index in [-0.39, 0.29) is 18.5 Å². The van der Waals surface area contributed by atoms with Crippen LogP contribution in [0.3, 0.4) is 0 Å². The highest BCUT2D eigenvalue weighted by molar-refractivity contribution is 7.99.